The highest BCUT2D eigenvalue weighted by Crippen LogP contribution is 2.19. The van der Waals surface area contributed by atoms with E-state index in [1.165, 1.54) is 0 Å². The summed E-state index contributed by atoms with van der Waals surface area (Å²) >= 11 is 0. The second-order valence-electron chi connectivity index (χ2n) is 4.30. The number of aryl methyl sites for hydroxylation is 1. The van der Waals surface area contributed by atoms with Crippen molar-refractivity contribution in [1.29, 1.82) is 0 Å². The molecular formula is C13H15N5O. The smallest absolute Gasteiger partial charge is 0.236 e. The van der Waals surface area contributed by atoms with Crippen LogP contribution in [0.25, 0.3) is 11.0 Å². The van der Waals surface area contributed by atoms with E-state index in [-0.39, 0.29) is 0 Å². The topological polar surface area (TPSA) is 82.8 Å². The van der Waals surface area contributed by atoms with Gasteiger partial charge in [0.05, 0.1) is 0 Å². The number of hydrogen-bond donors (Lipinski definition) is 1. The van der Waals surface area contributed by atoms with Crippen LogP contribution in [0.4, 0.5) is 0 Å². The van der Waals surface area contributed by atoms with E-state index in [0.717, 1.165) is 23.0 Å². The molecule has 0 aliphatic carbocycles. The van der Waals surface area contributed by atoms with Crippen LogP contribution in [0.15, 0.2) is 28.9 Å². The average Bonchev–Trinajstić information content (AvgIpc) is 3.04. The van der Waals surface area contributed by atoms with Crippen LogP contribution in [-0.4, -0.2) is 19.7 Å². The molecule has 0 aromatic carbocycles. The molecule has 0 bridgehead atoms. The number of nitrogens with two attached hydrogens (primary N) is 1. The Labute approximate surface area is 110 Å². The third-order valence-electron chi connectivity index (χ3n) is 3.05. The molecule has 0 saturated heterocycles. The van der Waals surface area contributed by atoms with Crippen LogP contribution in [0.3, 0.4) is 0 Å². The Morgan fingerprint density at radius 3 is 2.89 bits per heavy atom. The van der Waals surface area contributed by atoms with E-state index < -0.39 is 0 Å². The van der Waals surface area contributed by atoms with Crippen LogP contribution in [0.2, 0.25) is 0 Å². The second-order valence-corrected chi connectivity index (χ2v) is 4.30. The van der Waals surface area contributed by atoms with Crippen molar-refractivity contribution in [2.24, 2.45) is 5.73 Å². The molecule has 0 saturated carbocycles. The molecule has 3 rings (SSSR count). The molecule has 3 aromatic rings. The molecule has 0 unspecified atom stereocenters. The highest BCUT2D eigenvalue weighted by Gasteiger charge is 2.11. The van der Waals surface area contributed by atoms with Gasteiger partial charge in [0.25, 0.3) is 0 Å². The number of nitrogens with zero attached hydrogens (tertiary/aromatic N) is 4. The predicted octanol–water partition coefficient (Wildman–Crippen LogP) is 1.49. The monoisotopic (exact) mass is 257 g/mol. The van der Waals surface area contributed by atoms with Gasteiger partial charge in [-0.15, -0.1) is 10.2 Å². The number of fused-ring (bicyclic) bond motifs is 1. The van der Waals surface area contributed by atoms with Crippen molar-refractivity contribution in [2.45, 2.75) is 26.4 Å². The molecule has 0 radical (unpaired) electrons. The van der Waals surface area contributed by atoms with Gasteiger partial charge in [-0.25, -0.2) is 4.98 Å². The first-order valence-electron chi connectivity index (χ1n) is 6.26. The van der Waals surface area contributed by atoms with Crippen molar-refractivity contribution in [3.8, 4) is 0 Å². The first kappa shape index (κ1) is 11.9. The van der Waals surface area contributed by atoms with Gasteiger partial charge in [-0.3, -0.25) is 0 Å². The quantitative estimate of drug-likeness (QED) is 0.765. The Kier molecular flexibility index (Phi) is 3.00. The molecule has 0 aliphatic rings. The van der Waals surface area contributed by atoms with Crippen molar-refractivity contribution < 1.29 is 4.42 Å². The fourth-order valence-corrected chi connectivity index (χ4v) is 2.12. The van der Waals surface area contributed by atoms with Gasteiger partial charge in [-0.05, 0) is 17.7 Å². The molecule has 0 amide bonds. The molecule has 0 spiro atoms. The number of pyridine rings is 1. The minimum atomic E-state index is 0.485. The zero-order valence-electron chi connectivity index (χ0n) is 10.7. The van der Waals surface area contributed by atoms with Crippen molar-refractivity contribution in [3.63, 3.8) is 0 Å². The van der Waals surface area contributed by atoms with Gasteiger partial charge in [0.15, 0.2) is 0 Å². The van der Waals surface area contributed by atoms with E-state index in [0.29, 0.717) is 24.9 Å². The van der Waals surface area contributed by atoms with Crippen molar-refractivity contribution in [1.82, 2.24) is 19.7 Å². The molecule has 98 valence electrons. The lowest BCUT2D eigenvalue weighted by Gasteiger charge is -1.99. The lowest BCUT2D eigenvalue weighted by molar-refractivity contribution is 0.444. The predicted molar refractivity (Wildman–Crippen MR) is 70.4 cm³/mol. The van der Waals surface area contributed by atoms with Crippen LogP contribution < -0.4 is 5.73 Å². The SMILES string of the molecule is CCc1nnc(Cn2cc(CN)c3cccnc32)o1. The minimum absolute atomic E-state index is 0.485. The molecule has 6 heteroatoms. The molecular weight excluding hydrogens is 242 g/mol. The maximum Gasteiger partial charge on any atom is 0.236 e. The van der Waals surface area contributed by atoms with Gasteiger partial charge >= 0.3 is 0 Å². The summed E-state index contributed by atoms with van der Waals surface area (Å²) in [5.41, 5.74) is 7.71. The Hall–Kier alpha value is -2.21. The third kappa shape index (κ3) is 2.10. The highest BCUT2D eigenvalue weighted by molar-refractivity contribution is 5.80. The summed E-state index contributed by atoms with van der Waals surface area (Å²) in [7, 11) is 0. The van der Waals surface area contributed by atoms with Gasteiger partial charge in [-0.2, -0.15) is 0 Å². The van der Waals surface area contributed by atoms with Crippen molar-refractivity contribution in [2.75, 3.05) is 0 Å². The zero-order valence-corrected chi connectivity index (χ0v) is 10.7. The summed E-state index contributed by atoms with van der Waals surface area (Å²) < 4.78 is 7.52. The summed E-state index contributed by atoms with van der Waals surface area (Å²) in [6, 6.07) is 3.93. The summed E-state index contributed by atoms with van der Waals surface area (Å²) in [6.07, 6.45) is 4.50. The van der Waals surface area contributed by atoms with E-state index in [2.05, 4.69) is 15.2 Å². The Bertz CT molecular complexity index is 700. The Morgan fingerprint density at radius 2 is 2.16 bits per heavy atom. The maximum absolute atomic E-state index is 5.76. The zero-order chi connectivity index (χ0) is 13.2. The van der Waals surface area contributed by atoms with Crippen molar-refractivity contribution >= 4 is 11.0 Å². The Balaban J connectivity index is 2.00. The summed E-state index contributed by atoms with van der Waals surface area (Å²) in [6.45, 7) is 2.98. The molecule has 6 nitrogen and oxygen atoms in total. The molecule has 3 heterocycles. The number of rotatable bonds is 4. The van der Waals surface area contributed by atoms with Gasteiger partial charge in [0.1, 0.15) is 12.2 Å². The first-order valence-corrected chi connectivity index (χ1v) is 6.26. The molecule has 0 atom stereocenters. The summed E-state index contributed by atoms with van der Waals surface area (Å²) in [4.78, 5) is 4.39. The molecule has 2 N–H and O–H groups in total. The van der Waals surface area contributed by atoms with Crippen LogP contribution in [0, 0.1) is 0 Å². The summed E-state index contributed by atoms with van der Waals surface area (Å²) in [5.74, 6) is 1.24. The normalized spacial score (nSPS) is 11.3. The first-order chi connectivity index (χ1) is 9.31. The molecule has 3 aromatic heterocycles. The van der Waals surface area contributed by atoms with E-state index in [1.807, 2.05) is 29.8 Å². The number of aromatic nitrogens is 4. The van der Waals surface area contributed by atoms with Crippen molar-refractivity contribution in [3.05, 3.63) is 41.9 Å². The van der Waals surface area contributed by atoms with Gasteiger partial charge in [0.2, 0.25) is 11.8 Å². The molecule has 19 heavy (non-hydrogen) atoms. The van der Waals surface area contributed by atoms with Crippen LogP contribution in [0.1, 0.15) is 24.3 Å². The van der Waals surface area contributed by atoms with E-state index in [4.69, 9.17) is 10.2 Å². The maximum atomic E-state index is 5.76. The fourth-order valence-electron chi connectivity index (χ4n) is 2.12. The van der Waals surface area contributed by atoms with Gasteiger partial charge in [-0.1, -0.05) is 6.92 Å². The standard InChI is InChI=1S/C13H15N5O/c1-2-11-16-17-12(19-11)8-18-7-9(6-14)10-4-3-5-15-13(10)18/h3-5,7H,2,6,8,14H2,1H3. The van der Waals surface area contributed by atoms with Crippen LogP contribution in [0.5, 0.6) is 0 Å². The minimum Gasteiger partial charge on any atom is -0.423 e. The highest BCUT2D eigenvalue weighted by atomic mass is 16.4. The third-order valence-corrected chi connectivity index (χ3v) is 3.05. The second kappa shape index (κ2) is 4.81. The van der Waals surface area contributed by atoms with Crippen LogP contribution in [-0.2, 0) is 19.5 Å². The molecule has 0 fully saturated rings. The molecule has 0 aliphatic heterocycles. The Morgan fingerprint density at radius 1 is 1.32 bits per heavy atom. The van der Waals surface area contributed by atoms with Gasteiger partial charge in [0, 0.05) is 30.7 Å². The number of hydrogen-bond acceptors (Lipinski definition) is 5. The summed E-state index contributed by atoms with van der Waals surface area (Å²) in [5, 5.41) is 9.06. The fraction of sp³-hybridized carbons (Fsp3) is 0.308. The van der Waals surface area contributed by atoms with Gasteiger partial charge < -0.3 is 14.7 Å². The van der Waals surface area contributed by atoms with E-state index in [9.17, 15) is 0 Å². The lowest BCUT2D eigenvalue weighted by Crippen LogP contribution is -1.99. The van der Waals surface area contributed by atoms with E-state index in [1.54, 1.807) is 6.20 Å². The van der Waals surface area contributed by atoms with Crippen LogP contribution >= 0.6 is 0 Å². The largest absolute Gasteiger partial charge is 0.423 e. The average molecular weight is 257 g/mol. The van der Waals surface area contributed by atoms with E-state index >= 15 is 0 Å². The lowest BCUT2D eigenvalue weighted by atomic mass is 10.2.